The third kappa shape index (κ3) is 1.70. The first-order valence-corrected chi connectivity index (χ1v) is 5.03. The minimum absolute atomic E-state index is 0.299. The molecule has 1 aromatic heterocycles. The maximum Gasteiger partial charge on any atom is 0.308 e. The highest BCUT2D eigenvalue weighted by molar-refractivity contribution is 7.17. The molecule has 15 heavy (non-hydrogen) atoms. The van der Waals surface area contributed by atoms with E-state index in [1.807, 2.05) is 0 Å². The fraction of sp³-hybridized carbons (Fsp3) is 0.100. The molecule has 0 bridgehead atoms. The van der Waals surface area contributed by atoms with Crippen LogP contribution in [-0.2, 0) is 11.2 Å². The van der Waals surface area contributed by atoms with Gasteiger partial charge in [0.1, 0.15) is 11.6 Å². The molecule has 0 saturated heterocycles. The molecule has 0 radical (unpaired) electrons. The summed E-state index contributed by atoms with van der Waals surface area (Å²) in [5, 5.41) is 10.6. The number of carboxylic acids is 1. The van der Waals surface area contributed by atoms with Crippen molar-refractivity contribution in [3.8, 4) is 0 Å². The number of carboxylic acid groups (broad SMARTS) is 1. The van der Waals surface area contributed by atoms with Crippen LogP contribution in [0.5, 0.6) is 0 Å². The van der Waals surface area contributed by atoms with Crippen LogP contribution in [0.25, 0.3) is 10.1 Å². The van der Waals surface area contributed by atoms with Gasteiger partial charge < -0.3 is 5.11 Å². The van der Waals surface area contributed by atoms with Gasteiger partial charge in [-0.3, -0.25) is 4.79 Å². The van der Waals surface area contributed by atoms with E-state index in [1.54, 1.807) is 11.4 Å². The van der Waals surface area contributed by atoms with Crippen molar-refractivity contribution in [3.05, 3.63) is 34.7 Å². The van der Waals surface area contributed by atoms with Gasteiger partial charge >= 0.3 is 5.97 Å². The van der Waals surface area contributed by atoms with E-state index in [1.165, 1.54) is 0 Å². The third-order valence-corrected chi connectivity index (χ3v) is 2.98. The van der Waals surface area contributed by atoms with Crippen LogP contribution in [0, 0.1) is 11.6 Å². The van der Waals surface area contributed by atoms with Gasteiger partial charge in [0.15, 0.2) is 0 Å². The maximum atomic E-state index is 13.6. The predicted octanol–water partition coefficient (Wildman–Crippen LogP) is 2.81. The Balaban J connectivity index is 2.66. The van der Waals surface area contributed by atoms with E-state index in [0.29, 0.717) is 10.1 Å². The van der Waals surface area contributed by atoms with Crippen molar-refractivity contribution in [2.75, 3.05) is 0 Å². The average molecular weight is 228 g/mol. The number of aliphatic carboxylic acids is 1. The standard InChI is InChI=1S/C10H6F2O2S/c11-7-3-5-1-2-15-10(5)9(12)6(7)4-8(13)14/h1-3H,4H2,(H,13,14). The molecule has 2 rings (SSSR count). The second-order valence-electron chi connectivity index (χ2n) is 3.06. The van der Waals surface area contributed by atoms with E-state index in [0.717, 1.165) is 17.4 Å². The first kappa shape index (κ1) is 10.0. The Kier molecular flexibility index (Phi) is 2.40. The lowest BCUT2D eigenvalue weighted by atomic mass is 10.1. The number of rotatable bonds is 2. The van der Waals surface area contributed by atoms with Crippen LogP contribution in [0.4, 0.5) is 8.78 Å². The number of fused-ring (bicyclic) bond motifs is 1. The molecule has 1 aromatic carbocycles. The molecule has 2 nitrogen and oxygen atoms in total. The number of benzene rings is 1. The fourth-order valence-electron chi connectivity index (χ4n) is 1.39. The zero-order chi connectivity index (χ0) is 11.0. The number of halogens is 2. The normalized spacial score (nSPS) is 10.8. The van der Waals surface area contributed by atoms with Crippen molar-refractivity contribution in [1.82, 2.24) is 0 Å². The first-order chi connectivity index (χ1) is 7.09. The molecule has 0 unspecified atom stereocenters. The van der Waals surface area contributed by atoms with Gasteiger partial charge in [-0.05, 0) is 22.9 Å². The Morgan fingerprint density at radius 1 is 1.47 bits per heavy atom. The summed E-state index contributed by atoms with van der Waals surface area (Å²) in [5.41, 5.74) is -0.377. The number of thiophene rings is 1. The third-order valence-electron chi connectivity index (χ3n) is 2.06. The summed E-state index contributed by atoms with van der Waals surface area (Å²) in [6, 6.07) is 2.75. The van der Waals surface area contributed by atoms with Crippen molar-refractivity contribution in [2.24, 2.45) is 0 Å². The predicted molar refractivity (Wildman–Crippen MR) is 53.1 cm³/mol. The SMILES string of the molecule is O=C(O)Cc1c(F)cc2ccsc2c1F. The summed E-state index contributed by atoms with van der Waals surface area (Å²) < 4.78 is 27.2. The highest BCUT2D eigenvalue weighted by Gasteiger charge is 2.16. The topological polar surface area (TPSA) is 37.3 Å². The Labute approximate surface area is 87.8 Å². The molecule has 1 N–H and O–H groups in total. The number of hydrogen-bond donors (Lipinski definition) is 1. The molecule has 1 heterocycles. The van der Waals surface area contributed by atoms with E-state index in [9.17, 15) is 13.6 Å². The molecule has 2 aromatic rings. The van der Waals surface area contributed by atoms with Crippen molar-refractivity contribution >= 4 is 27.4 Å². The Morgan fingerprint density at radius 3 is 2.87 bits per heavy atom. The van der Waals surface area contributed by atoms with Gasteiger partial charge in [0, 0.05) is 5.56 Å². The molecule has 5 heteroatoms. The largest absolute Gasteiger partial charge is 0.481 e. The second kappa shape index (κ2) is 3.58. The van der Waals surface area contributed by atoms with E-state index >= 15 is 0 Å². The van der Waals surface area contributed by atoms with Crippen molar-refractivity contribution in [3.63, 3.8) is 0 Å². The van der Waals surface area contributed by atoms with Gasteiger partial charge in [-0.25, -0.2) is 8.78 Å². The molecule has 0 atom stereocenters. The van der Waals surface area contributed by atoms with Gasteiger partial charge in [0.2, 0.25) is 0 Å². The van der Waals surface area contributed by atoms with Crippen LogP contribution < -0.4 is 0 Å². The lowest BCUT2D eigenvalue weighted by Crippen LogP contribution is -2.05. The molecule has 0 aliphatic carbocycles. The molecule has 0 aliphatic rings. The molecule has 0 spiro atoms. The van der Waals surface area contributed by atoms with E-state index in [4.69, 9.17) is 5.11 Å². The molecule has 0 amide bonds. The van der Waals surface area contributed by atoms with Crippen LogP contribution in [0.3, 0.4) is 0 Å². The van der Waals surface area contributed by atoms with Crippen LogP contribution in [0.1, 0.15) is 5.56 Å². The summed E-state index contributed by atoms with van der Waals surface area (Å²) in [4.78, 5) is 10.4. The molecular weight excluding hydrogens is 222 g/mol. The van der Waals surface area contributed by atoms with Crippen molar-refractivity contribution in [1.29, 1.82) is 0 Å². The Bertz CT molecular complexity index is 533. The van der Waals surface area contributed by atoms with Crippen LogP contribution in [-0.4, -0.2) is 11.1 Å². The van der Waals surface area contributed by atoms with Crippen LogP contribution in [0.15, 0.2) is 17.5 Å². The van der Waals surface area contributed by atoms with Gasteiger partial charge in [-0.2, -0.15) is 0 Å². The van der Waals surface area contributed by atoms with Gasteiger partial charge in [0.25, 0.3) is 0 Å². The smallest absolute Gasteiger partial charge is 0.308 e. The first-order valence-electron chi connectivity index (χ1n) is 4.15. The highest BCUT2D eigenvalue weighted by atomic mass is 32.1. The van der Waals surface area contributed by atoms with Crippen LogP contribution >= 0.6 is 11.3 Å². The second-order valence-corrected chi connectivity index (χ2v) is 3.98. The molecule has 0 aliphatic heterocycles. The summed E-state index contributed by atoms with van der Waals surface area (Å²) >= 11 is 1.13. The molecule has 0 fully saturated rings. The Morgan fingerprint density at radius 2 is 2.20 bits per heavy atom. The van der Waals surface area contributed by atoms with Crippen LogP contribution in [0.2, 0.25) is 0 Å². The van der Waals surface area contributed by atoms with Crippen molar-refractivity contribution < 1.29 is 18.7 Å². The monoisotopic (exact) mass is 228 g/mol. The number of hydrogen-bond acceptors (Lipinski definition) is 2. The minimum Gasteiger partial charge on any atom is -0.481 e. The quantitative estimate of drug-likeness (QED) is 0.858. The average Bonchev–Trinajstić information content (AvgIpc) is 2.59. The lowest BCUT2D eigenvalue weighted by Gasteiger charge is -2.02. The molecule has 0 saturated carbocycles. The lowest BCUT2D eigenvalue weighted by molar-refractivity contribution is -0.136. The van der Waals surface area contributed by atoms with E-state index in [-0.39, 0.29) is 5.56 Å². The van der Waals surface area contributed by atoms with Crippen molar-refractivity contribution in [2.45, 2.75) is 6.42 Å². The molecule has 78 valence electrons. The Hall–Kier alpha value is -1.49. The summed E-state index contributed by atoms with van der Waals surface area (Å²) in [5.74, 6) is -2.81. The maximum absolute atomic E-state index is 13.6. The fourth-order valence-corrected chi connectivity index (χ4v) is 2.23. The van der Waals surface area contributed by atoms with E-state index < -0.39 is 24.0 Å². The number of carbonyl (C=O) groups is 1. The van der Waals surface area contributed by atoms with Gasteiger partial charge in [0.05, 0.1) is 11.1 Å². The molecular formula is C10H6F2O2S. The summed E-state index contributed by atoms with van der Waals surface area (Å²) in [6.45, 7) is 0. The van der Waals surface area contributed by atoms with Gasteiger partial charge in [-0.15, -0.1) is 11.3 Å². The minimum atomic E-state index is -1.25. The zero-order valence-electron chi connectivity index (χ0n) is 7.46. The summed E-state index contributed by atoms with van der Waals surface area (Å²) in [6.07, 6.45) is -0.633. The summed E-state index contributed by atoms with van der Waals surface area (Å²) in [7, 11) is 0. The zero-order valence-corrected chi connectivity index (χ0v) is 8.28. The highest BCUT2D eigenvalue weighted by Crippen LogP contribution is 2.28. The van der Waals surface area contributed by atoms with E-state index in [2.05, 4.69) is 0 Å². The van der Waals surface area contributed by atoms with Gasteiger partial charge in [-0.1, -0.05) is 0 Å².